The number of carbonyl (C=O) groups is 2. The third kappa shape index (κ3) is 5.88. The Bertz CT molecular complexity index is 899. The van der Waals surface area contributed by atoms with Gasteiger partial charge in [-0.05, 0) is 59.7 Å². The quantitative estimate of drug-likeness (QED) is 0.644. The number of aromatic nitrogens is 1. The first kappa shape index (κ1) is 23.1. The molecule has 0 aliphatic heterocycles. The van der Waals surface area contributed by atoms with Crippen molar-refractivity contribution in [2.75, 3.05) is 13.2 Å². The second-order valence-electron chi connectivity index (χ2n) is 7.43. The molecule has 1 unspecified atom stereocenters. The fourth-order valence-electron chi connectivity index (χ4n) is 2.64. The number of carbonyl (C=O) groups excluding carboxylic acids is 1. The van der Waals surface area contributed by atoms with Gasteiger partial charge in [-0.3, -0.25) is 0 Å². The van der Waals surface area contributed by atoms with Crippen LogP contribution in [0.2, 0.25) is 0 Å². The SMILES string of the molecule is CCOc1ccc(-c2nc(C(=O)O)c(C(C)NC(=O)OC(C)(C)C)o2)cc1OCC. The van der Waals surface area contributed by atoms with Crippen molar-refractivity contribution in [3.8, 4) is 23.0 Å². The molecule has 0 fully saturated rings. The first-order valence-corrected chi connectivity index (χ1v) is 9.69. The van der Waals surface area contributed by atoms with E-state index in [1.54, 1.807) is 45.9 Å². The van der Waals surface area contributed by atoms with E-state index >= 15 is 0 Å². The van der Waals surface area contributed by atoms with Gasteiger partial charge in [0.05, 0.1) is 19.3 Å². The Morgan fingerprint density at radius 1 is 1.17 bits per heavy atom. The van der Waals surface area contributed by atoms with Crippen molar-refractivity contribution in [2.24, 2.45) is 0 Å². The Morgan fingerprint density at radius 2 is 1.80 bits per heavy atom. The highest BCUT2D eigenvalue weighted by Gasteiger charge is 2.27. The highest BCUT2D eigenvalue weighted by molar-refractivity contribution is 5.87. The van der Waals surface area contributed by atoms with Gasteiger partial charge in [0.15, 0.2) is 23.0 Å². The van der Waals surface area contributed by atoms with Crippen LogP contribution in [0.1, 0.15) is 63.8 Å². The fraction of sp³-hybridized carbons (Fsp3) is 0.476. The number of amides is 1. The Kier molecular flexibility index (Phi) is 7.31. The van der Waals surface area contributed by atoms with Crippen molar-refractivity contribution in [2.45, 2.75) is 53.2 Å². The highest BCUT2D eigenvalue weighted by atomic mass is 16.6. The second kappa shape index (κ2) is 9.51. The van der Waals surface area contributed by atoms with Crippen LogP contribution in [-0.2, 0) is 4.74 Å². The molecule has 0 aliphatic rings. The number of ether oxygens (including phenoxy) is 3. The second-order valence-corrected chi connectivity index (χ2v) is 7.43. The lowest BCUT2D eigenvalue weighted by molar-refractivity contribution is 0.0498. The lowest BCUT2D eigenvalue weighted by atomic mass is 10.2. The normalized spacial score (nSPS) is 12.2. The molecule has 0 saturated heterocycles. The molecule has 0 bridgehead atoms. The topological polar surface area (TPSA) is 120 Å². The molecule has 2 rings (SSSR count). The van der Waals surface area contributed by atoms with Crippen LogP contribution in [-0.4, -0.2) is 41.0 Å². The maximum atomic E-state index is 12.0. The fourth-order valence-corrected chi connectivity index (χ4v) is 2.64. The standard InChI is InChI=1S/C21H28N2O7/c1-7-27-14-10-9-13(11-15(14)28-8-2)18-23-16(19(24)25)17(29-18)12(3)22-20(26)30-21(4,5)6/h9-12H,7-8H2,1-6H3,(H,22,26)(H,24,25). The van der Waals surface area contributed by atoms with Gasteiger partial charge in [-0.1, -0.05) is 0 Å². The Hall–Kier alpha value is -3.23. The largest absolute Gasteiger partial charge is 0.490 e. The van der Waals surface area contributed by atoms with Gasteiger partial charge in [-0.25, -0.2) is 14.6 Å². The van der Waals surface area contributed by atoms with E-state index < -0.39 is 23.7 Å². The summed E-state index contributed by atoms with van der Waals surface area (Å²) in [6.45, 7) is 11.4. The van der Waals surface area contributed by atoms with E-state index in [1.807, 2.05) is 13.8 Å². The predicted octanol–water partition coefficient (Wildman–Crippen LogP) is 4.42. The molecule has 1 atom stereocenters. The molecule has 2 N–H and O–H groups in total. The Morgan fingerprint density at radius 3 is 2.37 bits per heavy atom. The van der Waals surface area contributed by atoms with E-state index in [0.29, 0.717) is 30.3 Å². The summed E-state index contributed by atoms with van der Waals surface area (Å²) in [5.41, 5.74) is -0.468. The molecular weight excluding hydrogens is 392 g/mol. The van der Waals surface area contributed by atoms with Gasteiger partial charge in [0.1, 0.15) is 5.60 Å². The number of oxazole rings is 1. The number of nitrogens with one attached hydrogen (secondary N) is 1. The van der Waals surface area contributed by atoms with Crippen LogP contribution in [0.5, 0.6) is 11.5 Å². The summed E-state index contributed by atoms with van der Waals surface area (Å²) in [5, 5.41) is 12.1. The van der Waals surface area contributed by atoms with E-state index in [4.69, 9.17) is 18.6 Å². The van der Waals surface area contributed by atoms with Gasteiger partial charge >= 0.3 is 12.1 Å². The molecular formula is C21H28N2O7. The number of carboxylic acid groups (broad SMARTS) is 1. The Balaban J connectivity index is 2.36. The smallest absolute Gasteiger partial charge is 0.408 e. The molecule has 1 heterocycles. The lowest BCUT2D eigenvalue weighted by Crippen LogP contribution is -2.34. The van der Waals surface area contributed by atoms with E-state index in [9.17, 15) is 14.7 Å². The van der Waals surface area contributed by atoms with Crippen LogP contribution in [0.3, 0.4) is 0 Å². The summed E-state index contributed by atoms with van der Waals surface area (Å²) in [5.74, 6) is -0.116. The lowest BCUT2D eigenvalue weighted by Gasteiger charge is -2.21. The van der Waals surface area contributed by atoms with Crippen molar-refractivity contribution in [1.29, 1.82) is 0 Å². The number of alkyl carbamates (subject to hydrolysis) is 1. The maximum Gasteiger partial charge on any atom is 0.408 e. The summed E-state index contributed by atoms with van der Waals surface area (Å²) >= 11 is 0. The summed E-state index contributed by atoms with van der Waals surface area (Å²) in [6.07, 6.45) is -0.691. The van der Waals surface area contributed by atoms with E-state index in [2.05, 4.69) is 10.3 Å². The summed E-state index contributed by atoms with van der Waals surface area (Å²) < 4.78 is 22.1. The van der Waals surface area contributed by atoms with Gasteiger partial charge in [0, 0.05) is 5.56 Å². The van der Waals surface area contributed by atoms with Crippen molar-refractivity contribution in [3.63, 3.8) is 0 Å². The Labute approximate surface area is 175 Å². The molecule has 0 spiro atoms. The van der Waals surface area contributed by atoms with Crippen LogP contribution in [0.25, 0.3) is 11.5 Å². The minimum absolute atomic E-state index is 0.00945. The molecule has 2 aromatic rings. The summed E-state index contributed by atoms with van der Waals surface area (Å²) in [7, 11) is 0. The molecule has 0 radical (unpaired) electrons. The van der Waals surface area contributed by atoms with Crippen LogP contribution in [0, 0.1) is 0 Å². The predicted molar refractivity (Wildman–Crippen MR) is 109 cm³/mol. The zero-order valence-corrected chi connectivity index (χ0v) is 18.1. The summed E-state index contributed by atoms with van der Waals surface area (Å²) in [6, 6.07) is 4.29. The molecule has 9 nitrogen and oxygen atoms in total. The van der Waals surface area contributed by atoms with Crippen LogP contribution in [0.15, 0.2) is 22.6 Å². The van der Waals surface area contributed by atoms with Gasteiger partial charge in [0.25, 0.3) is 0 Å². The number of hydrogen-bond acceptors (Lipinski definition) is 7. The molecule has 1 aromatic carbocycles. The molecule has 30 heavy (non-hydrogen) atoms. The van der Waals surface area contributed by atoms with Crippen molar-refractivity contribution in [3.05, 3.63) is 29.7 Å². The number of aromatic carboxylic acids is 1. The van der Waals surface area contributed by atoms with Crippen LogP contribution in [0.4, 0.5) is 4.79 Å². The van der Waals surface area contributed by atoms with Gasteiger partial charge in [-0.2, -0.15) is 0 Å². The van der Waals surface area contributed by atoms with Crippen LogP contribution < -0.4 is 14.8 Å². The molecule has 164 valence electrons. The third-order valence-corrected chi connectivity index (χ3v) is 3.77. The summed E-state index contributed by atoms with van der Waals surface area (Å²) in [4.78, 5) is 27.8. The van der Waals surface area contributed by atoms with E-state index in [0.717, 1.165) is 0 Å². The third-order valence-electron chi connectivity index (χ3n) is 3.77. The molecule has 0 saturated carbocycles. The highest BCUT2D eigenvalue weighted by Crippen LogP contribution is 2.34. The van der Waals surface area contributed by atoms with Gasteiger partial charge in [-0.15, -0.1) is 0 Å². The molecule has 9 heteroatoms. The van der Waals surface area contributed by atoms with Gasteiger partial charge in [0.2, 0.25) is 5.89 Å². The minimum atomic E-state index is -1.27. The van der Waals surface area contributed by atoms with Gasteiger partial charge < -0.3 is 29.1 Å². The van der Waals surface area contributed by atoms with E-state index in [-0.39, 0.29) is 17.3 Å². The zero-order valence-electron chi connectivity index (χ0n) is 18.1. The van der Waals surface area contributed by atoms with Crippen LogP contribution >= 0.6 is 0 Å². The molecule has 1 amide bonds. The maximum absolute atomic E-state index is 12.0. The number of hydrogen-bond donors (Lipinski definition) is 2. The average molecular weight is 420 g/mol. The molecule has 0 aliphatic carbocycles. The number of rotatable bonds is 8. The number of carboxylic acids is 1. The number of benzene rings is 1. The van der Waals surface area contributed by atoms with Crippen molar-refractivity contribution >= 4 is 12.1 Å². The monoisotopic (exact) mass is 420 g/mol. The van der Waals surface area contributed by atoms with Crippen molar-refractivity contribution < 1.29 is 33.3 Å². The molecule has 1 aromatic heterocycles. The average Bonchev–Trinajstić information content (AvgIpc) is 3.08. The zero-order chi connectivity index (χ0) is 22.5. The first-order valence-electron chi connectivity index (χ1n) is 9.69. The number of nitrogens with zero attached hydrogens (tertiary/aromatic N) is 1. The first-order chi connectivity index (χ1) is 14.1. The van der Waals surface area contributed by atoms with Crippen molar-refractivity contribution in [1.82, 2.24) is 10.3 Å². The van der Waals surface area contributed by atoms with E-state index in [1.165, 1.54) is 0 Å². The minimum Gasteiger partial charge on any atom is -0.490 e.